The summed E-state index contributed by atoms with van der Waals surface area (Å²) in [5.74, 6) is 1.35. The predicted molar refractivity (Wildman–Crippen MR) is 67.8 cm³/mol. The Kier molecular flexibility index (Phi) is 5.19. The molecule has 1 rings (SSSR count). The van der Waals surface area contributed by atoms with Crippen LogP contribution >= 0.6 is 11.8 Å². The average Bonchev–Trinajstić information content (AvgIpc) is 2.24. The highest BCUT2D eigenvalue weighted by molar-refractivity contribution is 8.00. The van der Waals surface area contributed by atoms with Crippen LogP contribution in [0.15, 0.2) is 24.3 Å². The lowest BCUT2D eigenvalue weighted by atomic mass is 10.2. The summed E-state index contributed by atoms with van der Waals surface area (Å²) in [6, 6.07) is 7.90. The number of primary amides is 1. The van der Waals surface area contributed by atoms with Crippen molar-refractivity contribution in [1.82, 2.24) is 0 Å². The summed E-state index contributed by atoms with van der Waals surface area (Å²) < 4.78 is 5.54. The number of hydrogen-bond acceptors (Lipinski definition) is 3. The molecular formula is C12H17NO2S. The Morgan fingerprint density at radius 2 is 2.31 bits per heavy atom. The van der Waals surface area contributed by atoms with E-state index >= 15 is 0 Å². The normalized spacial score (nSPS) is 12.1. The van der Waals surface area contributed by atoms with Crippen LogP contribution in [0.5, 0.6) is 5.75 Å². The standard InChI is InChI=1S/C12H17NO2S/c1-9-4-3-5-11(8-9)15-6-7-16-10(2)12(13)14/h3-5,8,10H,6-7H2,1-2H3,(H2,13,14). The molecule has 0 saturated carbocycles. The monoisotopic (exact) mass is 239 g/mol. The maximum absolute atomic E-state index is 10.8. The van der Waals surface area contributed by atoms with Gasteiger partial charge >= 0.3 is 0 Å². The summed E-state index contributed by atoms with van der Waals surface area (Å²) in [5.41, 5.74) is 6.33. The minimum atomic E-state index is -0.277. The van der Waals surface area contributed by atoms with Crippen LogP contribution in [0.25, 0.3) is 0 Å². The van der Waals surface area contributed by atoms with Gasteiger partial charge in [0, 0.05) is 5.75 Å². The Hall–Kier alpha value is -1.16. The van der Waals surface area contributed by atoms with Gasteiger partial charge in [-0.1, -0.05) is 12.1 Å². The SMILES string of the molecule is Cc1cccc(OCCSC(C)C(N)=O)c1. The Morgan fingerprint density at radius 1 is 1.56 bits per heavy atom. The molecule has 1 amide bonds. The molecule has 1 aromatic rings. The summed E-state index contributed by atoms with van der Waals surface area (Å²) in [4.78, 5) is 10.8. The third-order valence-electron chi connectivity index (χ3n) is 2.11. The molecule has 2 N–H and O–H groups in total. The van der Waals surface area contributed by atoms with Gasteiger partial charge in [-0.2, -0.15) is 0 Å². The number of hydrogen-bond donors (Lipinski definition) is 1. The van der Waals surface area contributed by atoms with E-state index < -0.39 is 0 Å². The molecule has 0 fully saturated rings. The summed E-state index contributed by atoms with van der Waals surface area (Å²) in [7, 11) is 0. The number of nitrogens with two attached hydrogens (primary N) is 1. The van der Waals surface area contributed by atoms with E-state index in [4.69, 9.17) is 10.5 Å². The molecule has 3 nitrogen and oxygen atoms in total. The van der Waals surface area contributed by atoms with E-state index in [9.17, 15) is 4.79 Å². The molecule has 0 aliphatic heterocycles. The summed E-state index contributed by atoms with van der Waals surface area (Å²) >= 11 is 1.51. The quantitative estimate of drug-likeness (QED) is 0.772. The second kappa shape index (κ2) is 6.43. The lowest BCUT2D eigenvalue weighted by Crippen LogP contribution is -2.23. The van der Waals surface area contributed by atoms with Crippen molar-refractivity contribution in [2.24, 2.45) is 5.73 Å². The fourth-order valence-electron chi connectivity index (χ4n) is 1.17. The van der Waals surface area contributed by atoms with Gasteiger partial charge in [-0.05, 0) is 31.5 Å². The van der Waals surface area contributed by atoms with Crippen molar-refractivity contribution < 1.29 is 9.53 Å². The molecule has 88 valence electrons. The smallest absolute Gasteiger partial charge is 0.230 e. The summed E-state index contributed by atoms with van der Waals surface area (Å²) in [6.45, 7) is 4.42. The van der Waals surface area contributed by atoms with E-state index in [1.54, 1.807) is 6.92 Å². The molecule has 0 aromatic heterocycles. The van der Waals surface area contributed by atoms with E-state index in [1.807, 2.05) is 31.2 Å². The van der Waals surface area contributed by atoms with Gasteiger partial charge in [0.25, 0.3) is 0 Å². The second-order valence-corrected chi connectivity index (χ2v) is 5.03. The zero-order valence-corrected chi connectivity index (χ0v) is 10.4. The van der Waals surface area contributed by atoms with E-state index in [0.29, 0.717) is 6.61 Å². The van der Waals surface area contributed by atoms with E-state index in [1.165, 1.54) is 17.3 Å². The highest BCUT2D eigenvalue weighted by Crippen LogP contribution is 2.14. The first-order valence-corrected chi connectivity index (χ1v) is 6.25. The summed E-state index contributed by atoms with van der Waals surface area (Å²) in [6.07, 6.45) is 0. The number of carbonyl (C=O) groups excluding carboxylic acids is 1. The van der Waals surface area contributed by atoms with Gasteiger partial charge in [-0.3, -0.25) is 4.79 Å². The van der Waals surface area contributed by atoms with Gasteiger partial charge in [0.1, 0.15) is 5.75 Å². The van der Waals surface area contributed by atoms with Crippen molar-refractivity contribution in [2.45, 2.75) is 19.1 Å². The van der Waals surface area contributed by atoms with Crippen LogP contribution in [0, 0.1) is 6.92 Å². The number of aryl methyl sites for hydroxylation is 1. The van der Waals surface area contributed by atoms with Crippen LogP contribution in [0.3, 0.4) is 0 Å². The topological polar surface area (TPSA) is 52.3 Å². The van der Waals surface area contributed by atoms with Gasteiger partial charge in [0.15, 0.2) is 0 Å². The number of carbonyl (C=O) groups is 1. The number of rotatable bonds is 6. The second-order valence-electron chi connectivity index (χ2n) is 3.58. The maximum Gasteiger partial charge on any atom is 0.230 e. The van der Waals surface area contributed by atoms with E-state index in [2.05, 4.69) is 0 Å². The number of thioether (sulfide) groups is 1. The average molecular weight is 239 g/mol. The maximum atomic E-state index is 10.8. The Labute approximate surface area is 100 Å². The lowest BCUT2D eigenvalue weighted by molar-refractivity contribution is -0.117. The summed E-state index contributed by atoms with van der Waals surface area (Å²) in [5, 5.41) is -0.152. The van der Waals surface area contributed by atoms with Gasteiger partial charge in [-0.15, -0.1) is 11.8 Å². The minimum Gasteiger partial charge on any atom is -0.493 e. The molecule has 4 heteroatoms. The van der Waals surface area contributed by atoms with Crippen LogP contribution < -0.4 is 10.5 Å². The fourth-order valence-corrected chi connectivity index (χ4v) is 1.87. The van der Waals surface area contributed by atoms with E-state index in [-0.39, 0.29) is 11.2 Å². The van der Waals surface area contributed by atoms with Gasteiger partial charge < -0.3 is 10.5 Å². The van der Waals surface area contributed by atoms with Crippen molar-refractivity contribution in [1.29, 1.82) is 0 Å². The Balaban J connectivity index is 2.23. The molecular weight excluding hydrogens is 222 g/mol. The molecule has 1 unspecified atom stereocenters. The first kappa shape index (κ1) is 12.9. The first-order valence-electron chi connectivity index (χ1n) is 5.20. The molecule has 0 bridgehead atoms. The number of benzene rings is 1. The molecule has 0 spiro atoms. The molecule has 0 aliphatic carbocycles. The third kappa shape index (κ3) is 4.57. The van der Waals surface area contributed by atoms with Crippen LogP contribution in [-0.4, -0.2) is 23.5 Å². The molecule has 0 saturated heterocycles. The Morgan fingerprint density at radius 3 is 2.94 bits per heavy atom. The van der Waals surface area contributed by atoms with Gasteiger partial charge in [0.2, 0.25) is 5.91 Å². The fraction of sp³-hybridized carbons (Fsp3) is 0.417. The van der Waals surface area contributed by atoms with Crippen LogP contribution in [0.4, 0.5) is 0 Å². The lowest BCUT2D eigenvalue weighted by Gasteiger charge is -2.08. The number of amides is 1. The van der Waals surface area contributed by atoms with Crippen LogP contribution in [0.1, 0.15) is 12.5 Å². The molecule has 1 aromatic carbocycles. The van der Waals surface area contributed by atoms with Crippen LogP contribution in [-0.2, 0) is 4.79 Å². The zero-order valence-electron chi connectivity index (χ0n) is 9.60. The van der Waals surface area contributed by atoms with Crippen molar-refractivity contribution >= 4 is 17.7 Å². The van der Waals surface area contributed by atoms with Crippen molar-refractivity contribution in [2.75, 3.05) is 12.4 Å². The van der Waals surface area contributed by atoms with Gasteiger partial charge in [-0.25, -0.2) is 0 Å². The molecule has 0 radical (unpaired) electrons. The Bertz CT molecular complexity index is 355. The number of ether oxygens (including phenoxy) is 1. The van der Waals surface area contributed by atoms with Gasteiger partial charge in [0.05, 0.1) is 11.9 Å². The molecule has 0 aliphatic rings. The first-order chi connectivity index (χ1) is 7.59. The zero-order chi connectivity index (χ0) is 12.0. The third-order valence-corrected chi connectivity index (χ3v) is 3.24. The largest absolute Gasteiger partial charge is 0.493 e. The minimum absolute atomic E-state index is 0.152. The van der Waals surface area contributed by atoms with E-state index in [0.717, 1.165) is 11.5 Å². The highest BCUT2D eigenvalue weighted by atomic mass is 32.2. The van der Waals surface area contributed by atoms with Crippen molar-refractivity contribution in [3.63, 3.8) is 0 Å². The van der Waals surface area contributed by atoms with Crippen molar-refractivity contribution in [3.8, 4) is 5.75 Å². The molecule has 1 atom stereocenters. The van der Waals surface area contributed by atoms with Crippen molar-refractivity contribution in [3.05, 3.63) is 29.8 Å². The van der Waals surface area contributed by atoms with Crippen LogP contribution in [0.2, 0.25) is 0 Å². The predicted octanol–water partition coefficient (Wildman–Crippen LogP) is 1.98. The molecule has 0 heterocycles. The molecule has 16 heavy (non-hydrogen) atoms. The highest BCUT2D eigenvalue weighted by Gasteiger charge is 2.07.